The van der Waals surface area contributed by atoms with Crippen LogP contribution in [0.5, 0.6) is 0 Å². The normalized spacial score (nSPS) is 17.9. The predicted octanol–water partition coefficient (Wildman–Crippen LogP) is -7.73. The maximum atomic E-state index is 10.0. The molecule has 0 radical (unpaired) electrons. The summed E-state index contributed by atoms with van der Waals surface area (Å²) in [5.41, 5.74) is 4.66. The third-order valence-electron chi connectivity index (χ3n) is 1.34. The summed E-state index contributed by atoms with van der Waals surface area (Å²) in [7, 11) is 0. The smallest absolute Gasteiger partial charge is 0.548 e. The SMILES string of the molecule is NC(=S)[S-].O=C([O-])[C@@H]1CCCN1.[K+].[K+]. The van der Waals surface area contributed by atoms with E-state index in [-0.39, 0.29) is 113 Å². The van der Waals surface area contributed by atoms with E-state index in [1.165, 1.54) is 0 Å². The van der Waals surface area contributed by atoms with Gasteiger partial charge in [-0.1, -0.05) is 4.32 Å². The molecule has 0 spiro atoms. The number of carboxylic acids is 1. The second-order valence-corrected chi connectivity index (χ2v) is 3.43. The number of hydrogen-bond acceptors (Lipinski definition) is 5. The fourth-order valence-electron chi connectivity index (χ4n) is 0.886. The van der Waals surface area contributed by atoms with E-state index in [9.17, 15) is 9.90 Å². The summed E-state index contributed by atoms with van der Waals surface area (Å²) in [6, 6.07) is -0.380. The van der Waals surface area contributed by atoms with Crippen molar-refractivity contribution in [3.63, 3.8) is 0 Å². The molecular weight excluding hydrogens is 274 g/mol. The molecule has 1 rings (SSSR count). The molecule has 3 N–H and O–H groups in total. The Kier molecular flexibility index (Phi) is 21.8. The molecule has 0 bridgehead atoms. The van der Waals surface area contributed by atoms with Gasteiger partial charge in [-0.25, -0.2) is 0 Å². The van der Waals surface area contributed by atoms with Crippen molar-refractivity contribution in [1.82, 2.24) is 5.32 Å². The van der Waals surface area contributed by atoms with E-state index in [4.69, 9.17) is 0 Å². The second-order valence-electron chi connectivity index (χ2n) is 2.29. The van der Waals surface area contributed by atoms with Crippen LogP contribution in [0.15, 0.2) is 0 Å². The van der Waals surface area contributed by atoms with Gasteiger partial charge in [0.1, 0.15) is 0 Å². The van der Waals surface area contributed by atoms with Crippen LogP contribution in [0.4, 0.5) is 0 Å². The molecule has 8 heteroatoms. The van der Waals surface area contributed by atoms with Gasteiger partial charge in [-0.05, 0) is 19.4 Å². The molecule has 1 saturated heterocycles. The maximum Gasteiger partial charge on any atom is 1.00 e. The number of carbonyl (C=O) groups is 1. The Balaban J connectivity index is -0.000000180. The van der Waals surface area contributed by atoms with Crippen LogP contribution in [-0.2, 0) is 17.4 Å². The van der Waals surface area contributed by atoms with Crippen LogP contribution in [0.2, 0.25) is 0 Å². The summed E-state index contributed by atoms with van der Waals surface area (Å²) in [6.07, 6.45) is 1.68. The molecule has 0 amide bonds. The zero-order chi connectivity index (χ0) is 9.56. The van der Waals surface area contributed by atoms with E-state index in [1.807, 2.05) is 0 Å². The minimum atomic E-state index is -0.970. The van der Waals surface area contributed by atoms with Crippen molar-refractivity contribution in [3.05, 3.63) is 0 Å². The Morgan fingerprint density at radius 3 is 2.14 bits per heavy atom. The van der Waals surface area contributed by atoms with E-state index in [0.29, 0.717) is 0 Å². The molecule has 0 unspecified atom stereocenters. The Morgan fingerprint density at radius 1 is 1.57 bits per heavy atom. The summed E-state index contributed by atoms with van der Waals surface area (Å²) in [5.74, 6) is -0.970. The van der Waals surface area contributed by atoms with Crippen molar-refractivity contribution in [2.24, 2.45) is 5.73 Å². The summed E-state index contributed by atoms with van der Waals surface area (Å²) in [6.45, 7) is 0.818. The first-order valence-electron chi connectivity index (χ1n) is 3.44. The Morgan fingerprint density at radius 2 is 2.00 bits per heavy atom. The predicted molar refractivity (Wildman–Crippen MR) is 50.2 cm³/mol. The van der Waals surface area contributed by atoms with Gasteiger partial charge in [0.2, 0.25) is 0 Å². The summed E-state index contributed by atoms with van der Waals surface area (Å²) in [4.78, 5) is 10.0. The molecule has 1 fully saturated rings. The standard InChI is InChI=1S/C5H9NO2.CH3NS2.2K/c7-5(8)4-2-1-3-6-4;2-1(3)4;;/h4,6H,1-3H2,(H,7,8);(H3,2,3,4);;/q;;2*+1/p-2/t4-;;;/m0.../s1. The summed E-state index contributed by atoms with van der Waals surface area (Å²) in [5, 5.41) is 12.8. The van der Waals surface area contributed by atoms with E-state index >= 15 is 0 Å². The molecule has 1 aliphatic heterocycles. The van der Waals surface area contributed by atoms with Crippen LogP contribution < -0.4 is 119 Å². The molecule has 0 aromatic heterocycles. The molecule has 0 saturated carbocycles. The van der Waals surface area contributed by atoms with Crippen LogP contribution >= 0.6 is 12.2 Å². The Labute approximate surface area is 180 Å². The van der Waals surface area contributed by atoms with Crippen molar-refractivity contribution in [2.45, 2.75) is 18.9 Å². The Hall–Kier alpha value is 2.81. The quantitative estimate of drug-likeness (QED) is 0.283. The topological polar surface area (TPSA) is 78.2 Å². The molecule has 0 aromatic rings. The van der Waals surface area contributed by atoms with E-state index in [2.05, 4.69) is 35.9 Å². The van der Waals surface area contributed by atoms with Gasteiger partial charge in [0.05, 0.1) is 5.97 Å². The third-order valence-corrected chi connectivity index (χ3v) is 1.34. The monoisotopic (exact) mass is 284 g/mol. The van der Waals surface area contributed by atoms with Crippen LogP contribution in [0, 0.1) is 0 Å². The van der Waals surface area contributed by atoms with E-state index < -0.39 is 5.97 Å². The van der Waals surface area contributed by atoms with Gasteiger partial charge in [0.25, 0.3) is 0 Å². The average Bonchev–Trinajstić information content (AvgIpc) is 2.34. The maximum absolute atomic E-state index is 10.0. The zero-order valence-electron chi connectivity index (χ0n) is 8.41. The molecular formula is C6H10K2N2O2S2. The van der Waals surface area contributed by atoms with E-state index in [0.717, 1.165) is 19.4 Å². The number of rotatable bonds is 1. The molecule has 1 atom stereocenters. The van der Waals surface area contributed by atoms with Gasteiger partial charge in [0.15, 0.2) is 0 Å². The number of carbonyl (C=O) groups excluding carboxylic acids is 1. The molecule has 0 aliphatic carbocycles. The van der Waals surface area contributed by atoms with Crippen molar-refractivity contribution < 1.29 is 113 Å². The minimum Gasteiger partial charge on any atom is -0.548 e. The van der Waals surface area contributed by atoms with Crippen molar-refractivity contribution in [3.8, 4) is 0 Å². The van der Waals surface area contributed by atoms with Gasteiger partial charge in [-0.2, -0.15) is 0 Å². The van der Waals surface area contributed by atoms with Gasteiger partial charge in [0, 0.05) is 6.04 Å². The molecule has 1 heterocycles. The van der Waals surface area contributed by atoms with Crippen LogP contribution in [0.25, 0.3) is 0 Å². The van der Waals surface area contributed by atoms with Gasteiger partial charge >= 0.3 is 103 Å². The third kappa shape index (κ3) is 14.8. The van der Waals surface area contributed by atoms with Gasteiger partial charge in [-0.15, -0.1) is 0 Å². The number of hydrogen-bond donors (Lipinski definition) is 2. The largest absolute Gasteiger partial charge is 1.00 e. The number of thiocarbonyl (C=S) groups is 1. The first-order valence-corrected chi connectivity index (χ1v) is 4.26. The van der Waals surface area contributed by atoms with Crippen LogP contribution in [-0.4, -0.2) is 22.9 Å². The zero-order valence-corrected chi connectivity index (χ0v) is 16.3. The average molecular weight is 284 g/mol. The van der Waals surface area contributed by atoms with Crippen molar-refractivity contribution in [2.75, 3.05) is 6.54 Å². The Bertz CT molecular complexity index is 173. The fraction of sp³-hybridized carbons (Fsp3) is 0.667. The van der Waals surface area contributed by atoms with Crippen molar-refractivity contribution >= 4 is 35.1 Å². The molecule has 70 valence electrons. The van der Waals surface area contributed by atoms with Crippen molar-refractivity contribution in [1.29, 1.82) is 0 Å². The van der Waals surface area contributed by atoms with Crippen LogP contribution in [0.3, 0.4) is 0 Å². The first kappa shape index (κ1) is 22.0. The van der Waals surface area contributed by atoms with Crippen LogP contribution in [0.1, 0.15) is 12.8 Å². The fourth-order valence-corrected chi connectivity index (χ4v) is 0.886. The molecule has 0 aromatic carbocycles. The molecule has 1 aliphatic rings. The van der Waals surface area contributed by atoms with Gasteiger partial charge in [-0.3, -0.25) is 0 Å². The summed E-state index contributed by atoms with van der Waals surface area (Å²) >= 11 is 8.26. The number of aliphatic carboxylic acids is 1. The summed E-state index contributed by atoms with van der Waals surface area (Å²) < 4.78 is 0.0833. The number of nitrogens with one attached hydrogen (secondary N) is 1. The second kappa shape index (κ2) is 13.9. The minimum absolute atomic E-state index is 0. The number of nitrogens with two attached hydrogens (primary N) is 1. The number of carboxylic acid groups (broad SMARTS) is 1. The molecule has 14 heavy (non-hydrogen) atoms. The van der Waals surface area contributed by atoms with E-state index in [1.54, 1.807) is 0 Å². The molecule has 4 nitrogen and oxygen atoms in total. The first-order chi connectivity index (χ1) is 5.54. The van der Waals surface area contributed by atoms with Gasteiger partial charge < -0.3 is 45.8 Å².